The molecule has 0 radical (unpaired) electrons. The van der Waals surface area contributed by atoms with Crippen LogP contribution in [0.15, 0.2) is 18.3 Å². The van der Waals surface area contributed by atoms with E-state index in [1.54, 1.807) is 4.68 Å². The molecule has 0 aliphatic rings. The lowest BCUT2D eigenvalue weighted by molar-refractivity contribution is 0.595. The SMILES string of the molecule is Cc1cc(C)c(C(N)c2cn(C)nc2C)c(F)c1. The minimum Gasteiger partial charge on any atom is -0.320 e. The molecule has 0 saturated carbocycles. The second-order valence-corrected chi connectivity index (χ2v) is 4.80. The summed E-state index contributed by atoms with van der Waals surface area (Å²) in [5.74, 6) is -0.247. The molecule has 1 aromatic heterocycles. The lowest BCUT2D eigenvalue weighted by Crippen LogP contribution is -2.16. The molecule has 0 spiro atoms. The minimum atomic E-state index is -0.473. The molecular weight excluding hydrogens is 229 g/mol. The summed E-state index contributed by atoms with van der Waals surface area (Å²) in [6, 6.07) is 3.00. The highest BCUT2D eigenvalue weighted by Gasteiger charge is 2.20. The predicted octanol–water partition coefficient (Wildman–Crippen LogP) is 2.53. The monoisotopic (exact) mass is 247 g/mol. The number of nitrogens with two attached hydrogens (primary N) is 1. The summed E-state index contributed by atoms with van der Waals surface area (Å²) in [4.78, 5) is 0. The van der Waals surface area contributed by atoms with E-state index >= 15 is 0 Å². The van der Waals surface area contributed by atoms with Crippen LogP contribution in [0.1, 0.15) is 34.0 Å². The predicted molar refractivity (Wildman–Crippen MR) is 69.8 cm³/mol. The number of benzene rings is 1. The summed E-state index contributed by atoms with van der Waals surface area (Å²) < 4.78 is 15.8. The first-order chi connectivity index (χ1) is 8.40. The Morgan fingerprint density at radius 1 is 1.28 bits per heavy atom. The molecule has 0 aliphatic carbocycles. The highest BCUT2D eigenvalue weighted by atomic mass is 19.1. The number of aryl methyl sites for hydroxylation is 4. The first-order valence-corrected chi connectivity index (χ1v) is 5.92. The molecule has 3 nitrogen and oxygen atoms in total. The maximum absolute atomic E-state index is 14.1. The molecule has 96 valence electrons. The Balaban J connectivity index is 2.52. The largest absolute Gasteiger partial charge is 0.320 e. The second-order valence-electron chi connectivity index (χ2n) is 4.80. The van der Waals surface area contributed by atoms with E-state index in [0.717, 1.165) is 22.4 Å². The zero-order valence-electron chi connectivity index (χ0n) is 11.2. The van der Waals surface area contributed by atoms with Gasteiger partial charge in [-0.25, -0.2) is 4.39 Å². The standard InChI is InChI=1S/C14H18FN3/c1-8-5-9(2)13(12(15)6-8)14(16)11-7-18(4)17-10(11)3/h5-7,14H,16H2,1-4H3. The van der Waals surface area contributed by atoms with E-state index in [1.807, 2.05) is 40.1 Å². The van der Waals surface area contributed by atoms with Gasteiger partial charge in [-0.1, -0.05) is 6.07 Å². The molecular formula is C14H18FN3. The third-order valence-electron chi connectivity index (χ3n) is 3.18. The van der Waals surface area contributed by atoms with Gasteiger partial charge in [-0.2, -0.15) is 5.10 Å². The molecule has 0 fully saturated rings. The average molecular weight is 247 g/mol. The van der Waals surface area contributed by atoms with Crippen molar-refractivity contribution in [2.24, 2.45) is 12.8 Å². The average Bonchev–Trinajstić information content (AvgIpc) is 2.56. The van der Waals surface area contributed by atoms with Crippen molar-refractivity contribution in [2.45, 2.75) is 26.8 Å². The quantitative estimate of drug-likeness (QED) is 0.886. The van der Waals surface area contributed by atoms with Crippen molar-refractivity contribution < 1.29 is 4.39 Å². The molecule has 2 rings (SSSR count). The van der Waals surface area contributed by atoms with Crippen LogP contribution in [0.3, 0.4) is 0 Å². The summed E-state index contributed by atoms with van der Waals surface area (Å²) >= 11 is 0. The van der Waals surface area contributed by atoms with Gasteiger partial charge in [-0.05, 0) is 38.0 Å². The number of halogens is 1. The van der Waals surface area contributed by atoms with E-state index in [4.69, 9.17) is 5.73 Å². The smallest absolute Gasteiger partial charge is 0.128 e. The highest BCUT2D eigenvalue weighted by Crippen LogP contribution is 2.27. The molecule has 2 N–H and O–H groups in total. The van der Waals surface area contributed by atoms with Gasteiger partial charge in [0, 0.05) is 24.4 Å². The van der Waals surface area contributed by atoms with Crippen LogP contribution in [-0.4, -0.2) is 9.78 Å². The van der Waals surface area contributed by atoms with Crippen LogP contribution in [0, 0.1) is 26.6 Å². The number of hydrogen-bond donors (Lipinski definition) is 1. The van der Waals surface area contributed by atoms with Crippen molar-refractivity contribution in [1.82, 2.24) is 9.78 Å². The Kier molecular flexibility index (Phi) is 3.22. The van der Waals surface area contributed by atoms with Crippen LogP contribution in [-0.2, 0) is 7.05 Å². The van der Waals surface area contributed by atoms with Crippen LogP contribution >= 0.6 is 0 Å². The number of aromatic nitrogens is 2. The molecule has 18 heavy (non-hydrogen) atoms. The van der Waals surface area contributed by atoms with Crippen molar-refractivity contribution in [3.63, 3.8) is 0 Å². The molecule has 0 saturated heterocycles. The molecule has 1 atom stereocenters. The maximum Gasteiger partial charge on any atom is 0.128 e. The Labute approximate surface area is 106 Å². The van der Waals surface area contributed by atoms with Crippen molar-refractivity contribution in [1.29, 1.82) is 0 Å². The van der Waals surface area contributed by atoms with Gasteiger partial charge >= 0.3 is 0 Å². The summed E-state index contributed by atoms with van der Waals surface area (Å²) in [7, 11) is 1.83. The summed E-state index contributed by atoms with van der Waals surface area (Å²) in [6.07, 6.45) is 1.85. The zero-order chi connectivity index (χ0) is 13.4. The van der Waals surface area contributed by atoms with Crippen molar-refractivity contribution >= 4 is 0 Å². The van der Waals surface area contributed by atoms with Crippen LogP contribution in [0.5, 0.6) is 0 Å². The van der Waals surface area contributed by atoms with Crippen LogP contribution in [0.25, 0.3) is 0 Å². The molecule has 0 bridgehead atoms. The second kappa shape index (κ2) is 4.53. The topological polar surface area (TPSA) is 43.8 Å². The Morgan fingerprint density at radius 2 is 1.94 bits per heavy atom. The zero-order valence-corrected chi connectivity index (χ0v) is 11.2. The van der Waals surface area contributed by atoms with Gasteiger partial charge in [0.15, 0.2) is 0 Å². The van der Waals surface area contributed by atoms with Crippen LogP contribution in [0.2, 0.25) is 0 Å². The van der Waals surface area contributed by atoms with Gasteiger partial charge < -0.3 is 5.73 Å². The first-order valence-electron chi connectivity index (χ1n) is 5.92. The fourth-order valence-electron chi connectivity index (χ4n) is 2.40. The van der Waals surface area contributed by atoms with Gasteiger partial charge in [0.25, 0.3) is 0 Å². The number of hydrogen-bond acceptors (Lipinski definition) is 2. The van der Waals surface area contributed by atoms with E-state index < -0.39 is 6.04 Å². The van der Waals surface area contributed by atoms with Gasteiger partial charge in [-0.3, -0.25) is 4.68 Å². The summed E-state index contributed by atoms with van der Waals surface area (Å²) in [5, 5.41) is 4.25. The molecule has 4 heteroatoms. The third-order valence-corrected chi connectivity index (χ3v) is 3.18. The van der Waals surface area contributed by atoms with Crippen molar-refractivity contribution in [2.75, 3.05) is 0 Å². The highest BCUT2D eigenvalue weighted by molar-refractivity contribution is 5.40. The van der Waals surface area contributed by atoms with E-state index in [2.05, 4.69) is 5.10 Å². The van der Waals surface area contributed by atoms with Gasteiger partial charge in [-0.15, -0.1) is 0 Å². The first kappa shape index (κ1) is 12.8. The summed E-state index contributed by atoms with van der Waals surface area (Å²) in [6.45, 7) is 5.65. The Bertz CT molecular complexity index is 564. The van der Waals surface area contributed by atoms with Crippen molar-refractivity contribution in [3.05, 3.63) is 52.1 Å². The van der Waals surface area contributed by atoms with E-state index in [9.17, 15) is 4.39 Å². The Hall–Kier alpha value is -1.68. The molecule has 0 aliphatic heterocycles. The molecule has 1 heterocycles. The van der Waals surface area contributed by atoms with E-state index in [-0.39, 0.29) is 5.82 Å². The third kappa shape index (κ3) is 2.16. The lowest BCUT2D eigenvalue weighted by atomic mass is 9.94. The summed E-state index contributed by atoms with van der Waals surface area (Å²) in [5.41, 5.74) is 10.2. The number of rotatable bonds is 2. The maximum atomic E-state index is 14.1. The van der Waals surface area contributed by atoms with Crippen LogP contribution < -0.4 is 5.73 Å². The van der Waals surface area contributed by atoms with Gasteiger partial charge in [0.2, 0.25) is 0 Å². The molecule has 0 amide bonds. The fourth-order valence-corrected chi connectivity index (χ4v) is 2.40. The van der Waals surface area contributed by atoms with Crippen LogP contribution in [0.4, 0.5) is 4.39 Å². The Morgan fingerprint density at radius 3 is 2.44 bits per heavy atom. The normalized spacial score (nSPS) is 12.8. The number of nitrogens with zero attached hydrogens (tertiary/aromatic N) is 2. The molecule has 1 aromatic carbocycles. The fraction of sp³-hybridized carbons (Fsp3) is 0.357. The van der Waals surface area contributed by atoms with E-state index in [0.29, 0.717) is 5.56 Å². The van der Waals surface area contributed by atoms with Gasteiger partial charge in [0.05, 0.1) is 11.7 Å². The lowest BCUT2D eigenvalue weighted by Gasteiger charge is -2.16. The molecule has 1 unspecified atom stereocenters. The van der Waals surface area contributed by atoms with E-state index in [1.165, 1.54) is 6.07 Å². The van der Waals surface area contributed by atoms with Crippen molar-refractivity contribution in [3.8, 4) is 0 Å². The minimum absolute atomic E-state index is 0.247. The molecule has 2 aromatic rings. The van der Waals surface area contributed by atoms with Gasteiger partial charge in [0.1, 0.15) is 5.82 Å².